The smallest absolute Gasteiger partial charge is 0.266 e. The number of sulfonamides is 1. The summed E-state index contributed by atoms with van der Waals surface area (Å²) in [5, 5.41) is 5.15. The lowest BCUT2D eigenvalue weighted by Gasteiger charge is -2.40. The molecule has 8 nitrogen and oxygen atoms in total. The number of nitrogens with zero attached hydrogens (tertiary/aromatic N) is 3. The van der Waals surface area contributed by atoms with Crippen LogP contribution in [0.15, 0.2) is 28.6 Å². The average molecular weight is 530 g/mol. The molecule has 1 aromatic heterocycles. The number of anilines is 2. The van der Waals surface area contributed by atoms with Gasteiger partial charge < -0.3 is 15.1 Å². The van der Waals surface area contributed by atoms with E-state index in [2.05, 4.69) is 19.9 Å². The predicted octanol–water partition coefficient (Wildman–Crippen LogP) is 3.87. The predicted molar refractivity (Wildman–Crippen MR) is 132 cm³/mol. The molecule has 1 unspecified atom stereocenters. The molecule has 0 bridgehead atoms. The number of likely N-dealkylation sites (N-methyl/N-ethyl adjacent to an activating group) is 1. The molecule has 1 saturated heterocycles. The van der Waals surface area contributed by atoms with Crippen LogP contribution in [-0.4, -0.2) is 68.4 Å². The summed E-state index contributed by atoms with van der Waals surface area (Å²) < 4.78 is 42.4. The Bertz CT molecular complexity index is 1130. The van der Waals surface area contributed by atoms with E-state index in [9.17, 15) is 17.6 Å². The monoisotopic (exact) mass is 529 g/mol. The summed E-state index contributed by atoms with van der Waals surface area (Å²) >= 11 is 7.49. The fourth-order valence-electron chi connectivity index (χ4n) is 4.82. The van der Waals surface area contributed by atoms with Crippen molar-refractivity contribution in [1.29, 1.82) is 0 Å². The lowest BCUT2D eigenvalue weighted by atomic mass is 9.88. The van der Waals surface area contributed by atoms with Crippen molar-refractivity contribution in [2.24, 2.45) is 5.92 Å². The quantitative estimate of drug-likeness (QED) is 0.565. The van der Waals surface area contributed by atoms with Crippen LogP contribution in [0.3, 0.4) is 0 Å². The molecule has 2 heterocycles. The molecule has 2 N–H and O–H groups in total. The second-order valence-corrected chi connectivity index (χ2v) is 12.0. The Labute approximate surface area is 208 Å². The van der Waals surface area contributed by atoms with Crippen molar-refractivity contribution in [3.63, 3.8) is 0 Å². The maximum Gasteiger partial charge on any atom is 0.266 e. The summed E-state index contributed by atoms with van der Waals surface area (Å²) in [4.78, 5) is 20.4. The first kappa shape index (κ1) is 25.2. The lowest BCUT2D eigenvalue weighted by Crippen LogP contribution is -2.51. The number of rotatable bonds is 7. The van der Waals surface area contributed by atoms with Gasteiger partial charge in [-0.25, -0.2) is 17.8 Å². The number of carbonyl (C=O) groups excluding carboxylic acids is 1. The van der Waals surface area contributed by atoms with Crippen LogP contribution in [0.5, 0.6) is 0 Å². The Morgan fingerprint density at radius 2 is 2.06 bits per heavy atom. The fourth-order valence-corrected chi connectivity index (χ4v) is 6.98. The zero-order valence-corrected chi connectivity index (χ0v) is 21.5. The van der Waals surface area contributed by atoms with Gasteiger partial charge in [0.2, 0.25) is 5.91 Å². The van der Waals surface area contributed by atoms with Gasteiger partial charge in [0.05, 0.1) is 22.7 Å². The summed E-state index contributed by atoms with van der Waals surface area (Å²) in [6, 6.07) is 2.05. The molecule has 1 amide bonds. The maximum atomic E-state index is 14.9. The Balaban J connectivity index is 1.51. The minimum absolute atomic E-state index is 0.00608. The molecule has 3 atom stereocenters. The third kappa shape index (κ3) is 5.48. The number of amides is 1. The molecule has 0 radical (unpaired) electrons. The molecule has 1 aromatic carbocycles. The van der Waals surface area contributed by atoms with Crippen LogP contribution in [0.1, 0.15) is 32.1 Å². The number of aromatic nitrogens is 1. The number of carbonyl (C=O) groups is 1. The number of likely N-dealkylation sites (tertiary alicyclic amines) is 1. The fraction of sp³-hybridized carbons (Fsp3) is 0.545. The van der Waals surface area contributed by atoms with Gasteiger partial charge in [-0.2, -0.15) is 0 Å². The Morgan fingerprint density at radius 1 is 1.29 bits per heavy atom. The minimum atomic E-state index is -4.18. The normalized spacial score (nSPS) is 23.6. The molecular weight excluding hydrogens is 501 g/mol. The van der Waals surface area contributed by atoms with Crippen molar-refractivity contribution in [1.82, 2.24) is 14.8 Å². The number of benzene rings is 1. The van der Waals surface area contributed by atoms with Crippen molar-refractivity contribution in [2.45, 2.75) is 49.1 Å². The zero-order valence-electron chi connectivity index (χ0n) is 19.1. The third-order valence-electron chi connectivity index (χ3n) is 6.62. The zero-order chi connectivity index (χ0) is 24.5. The summed E-state index contributed by atoms with van der Waals surface area (Å²) in [6.45, 7) is 1.67. The lowest BCUT2D eigenvalue weighted by molar-refractivity contribution is -0.136. The Morgan fingerprint density at radius 3 is 2.74 bits per heavy atom. The molecule has 1 aliphatic carbocycles. The van der Waals surface area contributed by atoms with Gasteiger partial charge in [-0.05, 0) is 45.0 Å². The van der Waals surface area contributed by atoms with E-state index in [4.69, 9.17) is 11.6 Å². The van der Waals surface area contributed by atoms with E-state index in [0.29, 0.717) is 5.69 Å². The average Bonchev–Trinajstić information content (AvgIpc) is 3.46. The van der Waals surface area contributed by atoms with Crippen LogP contribution >= 0.6 is 22.9 Å². The highest BCUT2D eigenvalue weighted by atomic mass is 35.5. The first-order chi connectivity index (χ1) is 16.2. The highest BCUT2D eigenvalue weighted by Crippen LogP contribution is 2.33. The standard InChI is InChI=1S/C22H29ClFN5O3S2/c1-28-9-7-14(13-28)21(30)29(2)19-6-4-3-5-17(19)26-18-12-16(24)20(11-15(18)23)34(31,32)27-22-25-8-10-33-22/h8,10-12,14,17,19,26H,3-7,9,13H2,1-2H3,(H,25,27)/t14?,17-,19-/m0/s1. The van der Waals surface area contributed by atoms with Gasteiger partial charge >= 0.3 is 0 Å². The van der Waals surface area contributed by atoms with Gasteiger partial charge in [0.25, 0.3) is 10.0 Å². The molecule has 186 valence electrons. The molecule has 4 rings (SSSR count). The van der Waals surface area contributed by atoms with Gasteiger partial charge in [-0.3, -0.25) is 9.52 Å². The number of halogens is 2. The molecule has 12 heteroatoms. The first-order valence-electron chi connectivity index (χ1n) is 11.3. The van der Waals surface area contributed by atoms with Crippen molar-refractivity contribution < 1.29 is 17.6 Å². The molecule has 2 aromatic rings. The maximum absolute atomic E-state index is 14.9. The number of thiazole rings is 1. The van der Waals surface area contributed by atoms with Crippen molar-refractivity contribution in [3.8, 4) is 0 Å². The molecule has 2 fully saturated rings. The van der Waals surface area contributed by atoms with E-state index in [1.165, 1.54) is 6.20 Å². The van der Waals surface area contributed by atoms with E-state index < -0.39 is 20.7 Å². The van der Waals surface area contributed by atoms with Crippen LogP contribution in [0.2, 0.25) is 5.02 Å². The largest absolute Gasteiger partial charge is 0.379 e. The highest BCUT2D eigenvalue weighted by molar-refractivity contribution is 7.93. The molecule has 2 aliphatic rings. The topological polar surface area (TPSA) is 94.6 Å². The summed E-state index contributed by atoms with van der Waals surface area (Å²) in [5.74, 6) is -0.787. The van der Waals surface area contributed by atoms with Crippen LogP contribution < -0.4 is 10.0 Å². The second kappa shape index (κ2) is 10.3. The van der Waals surface area contributed by atoms with E-state index in [0.717, 1.165) is 68.7 Å². The summed E-state index contributed by atoms with van der Waals surface area (Å²) in [5.41, 5.74) is 0.311. The van der Waals surface area contributed by atoms with Gasteiger partial charge in [0, 0.05) is 31.2 Å². The summed E-state index contributed by atoms with van der Waals surface area (Å²) in [6.07, 6.45) is 5.93. The molecule has 1 saturated carbocycles. The van der Waals surface area contributed by atoms with Crippen LogP contribution in [0.4, 0.5) is 15.2 Å². The van der Waals surface area contributed by atoms with Gasteiger partial charge in [0.15, 0.2) is 5.13 Å². The van der Waals surface area contributed by atoms with Crippen LogP contribution in [0.25, 0.3) is 0 Å². The number of hydrogen-bond acceptors (Lipinski definition) is 7. The van der Waals surface area contributed by atoms with Gasteiger partial charge in [-0.1, -0.05) is 24.4 Å². The van der Waals surface area contributed by atoms with E-state index in [-0.39, 0.29) is 34.1 Å². The van der Waals surface area contributed by atoms with E-state index in [1.54, 1.807) is 5.38 Å². The molecule has 1 aliphatic heterocycles. The van der Waals surface area contributed by atoms with Crippen LogP contribution in [0, 0.1) is 11.7 Å². The first-order valence-corrected chi connectivity index (χ1v) is 14.0. The number of nitrogens with one attached hydrogen (secondary N) is 2. The summed E-state index contributed by atoms with van der Waals surface area (Å²) in [7, 11) is -0.322. The Hall–Kier alpha value is -1.95. The molecule has 34 heavy (non-hydrogen) atoms. The highest BCUT2D eigenvalue weighted by Gasteiger charge is 2.36. The van der Waals surface area contributed by atoms with Gasteiger partial charge in [-0.15, -0.1) is 11.3 Å². The van der Waals surface area contributed by atoms with Crippen molar-refractivity contribution >= 4 is 49.7 Å². The Kier molecular flexibility index (Phi) is 7.66. The van der Waals surface area contributed by atoms with Crippen molar-refractivity contribution in [2.75, 3.05) is 37.2 Å². The van der Waals surface area contributed by atoms with Gasteiger partial charge in [0.1, 0.15) is 10.7 Å². The molecule has 0 spiro atoms. The number of hydrogen-bond donors (Lipinski definition) is 2. The van der Waals surface area contributed by atoms with Crippen molar-refractivity contribution in [3.05, 3.63) is 34.5 Å². The third-order valence-corrected chi connectivity index (χ3v) is 9.11. The SMILES string of the molecule is CN1CCC(C(=O)N(C)[C@H]2CCCC[C@@H]2Nc2cc(F)c(S(=O)(=O)Nc3nccs3)cc2Cl)C1. The van der Waals surface area contributed by atoms with E-state index in [1.807, 2.05) is 19.0 Å². The minimum Gasteiger partial charge on any atom is -0.379 e. The van der Waals surface area contributed by atoms with E-state index >= 15 is 0 Å². The second-order valence-electron chi connectivity index (χ2n) is 9.00. The van der Waals surface area contributed by atoms with Crippen LogP contribution in [-0.2, 0) is 14.8 Å². The molecular formula is C22H29ClFN5O3S2.